The van der Waals surface area contributed by atoms with E-state index in [2.05, 4.69) is 15.9 Å². The smallest absolute Gasteiger partial charge is 0.369 e. The van der Waals surface area contributed by atoms with Gasteiger partial charge in [0.25, 0.3) is 0 Å². The van der Waals surface area contributed by atoms with Crippen molar-refractivity contribution in [1.29, 1.82) is 0 Å². The molecule has 92 valence electrons. The van der Waals surface area contributed by atoms with Crippen molar-refractivity contribution in [2.24, 2.45) is 5.73 Å². The summed E-state index contributed by atoms with van der Waals surface area (Å²) >= 11 is 3.00. The lowest BCUT2D eigenvalue weighted by molar-refractivity contribution is -0.138. The molecule has 0 heterocycles. The molecule has 0 aliphatic heterocycles. The van der Waals surface area contributed by atoms with Gasteiger partial charge in [-0.15, -0.1) is 0 Å². The van der Waals surface area contributed by atoms with Crippen LogP contribution in [0, 0.1) is 0 Å². The van der Waals surface area contributed by atoms with Gasteiger partial charge in [0.2, 0.25) is 5.91 Å². The van der Waals surface area contributed by atoms with Crippen LogP contribution >= 0.6 is 15.9 Å². The molecule has 0 radical (unpaired) electrons. The summed E-state index contributed by atoms with van der Waals surface area (Å²) in [6, 6.07) is 3.80. The van der Waals surface area contributed by atoms with E-state index in [4.69, 9.17) is 5.73 Å². The van der Waals surface area contributed by atoms with Gasteiger partial charge >= 0.3 is 6.18 Å². The van der Waals surface area contributed by atoms with Crippen molar-refractivity contribution < 1.29 is 18.0 Å². The minimum atomic E-state index is -4.48. The Morgan fingerprint density at radius 1 is 1.35 bits per heavy atom. The number of alkyl halides is 3. The Morgan fingerprint density at radius 2 is 1.94 bits per heavy atom. The van der Waals surface area contributed by atoms with Crippen LogP contribution in [-0.2, 0) is 16.4 Å². The van der Waals surface area contributed by atoms with E-state index in [0.29, 0.717) is 17.3 Å². The molecule has 0 spiro atoms. The number of nitrogens with two attached hydrogens (primary N) is 1. The average Bonchev–Trinajstić information content (AvgIpc) is 2.97. The molecule has 1 aromatic rings. The molecule has 0 aromatic heterocycles. The Hall–Kier alpha value is -1.04. The van der Waals surface area contributed by atoms with E-state index in [0.717, 1.165) is 6.07 Å². The number of hydrogen-bond acceptors (Lipinski definition) is 1. The molecule has 2 N–H and O–H groups in total. The summed E-state index contributed by atoms with van der Waals surface area (Å²) < 4.78 is 39.0. The molecular weight excluding hydrogens is 299 g/mol. The third-order valence-electron chi connectivity index (χ3n) is 3.02. The van der Waals surface area contributed by atoms with Crippen molar-refractivity contribution in [1.82, 2.24) is 0 Å². The van der Waals surface area contributed by atoms with Gasteiger partial charge in [0, 0.05) is 4.47 Å². The predicted molar refractivity (Wildman–Crippen MR) is 59.3 cm³/mol. The lowest BCUT2D eigenvalue weighted by Gasteiger charge is -2.18. The number of benzene rings is 1. The van der Waals surface area contributed by atoms with Crippen molar-refractivity contribution in [2.75, 3.05) is 0 Å². The second-order valence-electron chi connectivity index (χ2n) is 4.13. The molecule has 2 nitrogen and oxygen atoms in total. The zero-order valence-corrected chi connectivity index (χ0v) is 10.2. The first kappa shape index (κ1) is 12.4. The Bertz CT molecular complexity index is 480. The monoisotopic (exact) mass is 307 g/mol. The molecule has 1 saturated carbocycles. The molecular formula is C11H9BrF3NO. The summed E-state index contributed by atoms with van der Waals surface area (Å²) in [6.45, 7) is 0. The fourth-order valence-electron chi connectivity index (χ4n) is 1.94. The molecule has 1 aromatic carbocycles. The average molecular weight is 308 g/mol. The minimum Gasteiger partial charge on any atom is -0.369 e. The number of primary amides is 1. The lowest BCUT2D eigenvalue weighted by Crippen LogP contribution is -2.30. The highest BCUT2D eigenvalue weighted by molar-refractivity contribution is 9.10. The number of carbonyl (C=O) groups is 1. The van der Waals surface area contributed by atoms with Crippen LogP contribution in [0.4, 0.5) is 13.2 Å². The summed E-state index contributed by atoms with van der Waals surface area (Å²) in [4.78, 5) is 11.3. The third-order valence-corrected chi connectivity index (χ3v) is 3.52. The van der Waals surface area contributed by atoms with Gasteiger partial charge in [-0.25, -0.2) is 0 Å². The summed E-state index contributed by atoms with van der Waals surface area (Å²) in [5.74, 6) is -0.690. The molecule has 17 heavy (non-hydrogen) atoms. The van der Waals surface area contributed by atoms with Crippen LogP contribution in [0.1, 0.15) is 24.0 Å². The molecule has 0 atom stereocenters. The van der Waals surface area contributed by atoms with Gasteiger partial charge < -0.3 is 5.73 Å². The van der Waals surface area contributed by atoms with Gasteiger partial charge in [0.1, 0.15) is 0 Å². The zero-order chi connectivity index (χ0) is 12.8. The standard InChI is InChI=1S/C11H9BrF3NO/c12-6-1-2-7(8(5-6)11(13,14)15)10(3-4-10)9(16)17/h1-2,5H,3-4H2,(H2,16,17). The molecule has 0 unspecified atom stereocenters. The molecule has 1 amide bonds. The van der Waals surface area contributed by atoms with Crippen LogP contribution < -0.4 is 5.73 Å². The maximum atomic E-state index is 12.9. The van der Waals surface area contributed by atoms with Gasteiger partial charge in [-0.1, -0.05) is 22.0 Å². The van der Waals surface area contributed by atoms with E-state index < -0.39 is 23.1 Å². The minimum absolute atomic E-state index is 0.0132. The Balaban J connectivity index is 2.59. The molecule has 1 aliphatic rings. The van der Waals surface area contributed by atoms with Crippen molar-refractivity contribution in [3.05, 3.63) is 33.8 Å². The van der Waals surface area contributed by atoms with Crippen LogP contribution in [0.3, 0.4) is 0 Å². The first-order chi connectivity index (χ1) is 7.77. The van der Waals surface area contributed by atoms with Gasteiger partial charge in [0.15, 0.2) is 0 Å². The van der Waals surface area contributed by atoms with E-state index in [9.17, 15) is 18.0 Å². The van der Waals surface area contributed by atoms with Crippen LogP contribution in [0.25, 0.3) is 0 Å². The van der Waals surface area contributed by atoms with Gasteiger partial charge in [-0.2, -0.15) is 13.2 Å². The topological polar surface area (TPSA) is 43.1 Å². The highest BCUT2D eigenvalue weighted by Crippen LogP contribution is 2.52. The molecule has 0 bridgehead atoms. The number of amides is 1. The highest BCUT2D eigenvalue weighted by Gasteiger charge is 2.53. The number of rotatable bonds is 2. The molecule has 0 saturated heterocycles. The summed E-state index contributed by atoms with van der Waals surface area (Å²) in [5, 5.41) is 0. The Morgan fingerprint density at radius 3 is 2.35 bits per heavy atom. The summed E-state index contributed by atoms with van der Waals surface area (Å²) in [5.41, 5.74) is 3.28. The first-order valence-electron chi connectivity index (χ1n) is 4.94. The fourth-order valence-corrected chi connectivity index (χ4v) is 2.30. The van der Waals surface area contributed by atoms with Crippen molar-refractivity contribution in [3.63, 3.8) is 0 Å². The SMILES string of the molecule is NC(=O)C1(c2ccc(Br)cc2C(F)(F)F)CC1. The van der Waals surface area contributed by atoms with Gasteiger partial charge in [-0.3, -0.25) is 4.79 Å². The van der Waals surface area contributed by atoms with Gasteiger partial charge in [-0.05, 0) is 30.5 Å². The fraction of sp³-hybridized carbons (Fsp3) is 0.364. The number of carbonyl (C=O) groups excluding carboxylic acids is 1. The van der Waals surface area contributed by atoms with Crippen molar-refractivity contribution in [2.45, 2.75) is 24.4 Å². The first-order valence-corrected chi connectivity index (χ1v) is 5.74. The third kappa shape index (κ3) is 2.06. The van der Waals surface area contributed by atoms with Crippen molar-refractivity contribution >= 4 is 21.8 Å². The van der Waals surface area contributed by atoms with Crippen LogP contribution in [-0.4, -0.2) is 5.91 Å². The Kier molecular flexibility index (Phi) is 2.72. The summed E-state index contributed by atoms with van der Waals surface area (Å²) in [6.07, 6.45) is -3.72. The highest BCUT2D eigenvalue weighted by atomic mass is 79.9. The summed E-state index contributed by atoms with van der Waals surface area (Å²) in [7, 11) is 0. The van der Waals surface area contributed by atoms with E-state index in [-0.39, 0.29) is 5.56 Å². The van der Waals surface area contributed by atoms with E-state index >= 15 is 0 Å². The van der Waals surface area contributed by atoms with E-state index in [1.54, 1.807) is 0 Å². The predicted octanol–water partition coefficient (Wildman–Crippen LogP) is 2.98. The maximum absolute atomic E-state index is 12.9. The Labute approximate surface area is 104 Å². The molecule has 2 rings (SSSR count). The lowest BCUT2D eigenvalue weighted by atomic mass is 9.90. The number of halogens is 4. The normalized spacial score (nSPS) is 17.9. The van der Waals surface area contributed by atoms with Crippen LogP contribution in [0.5, 0.6) is 0 Å². The quantitative estimate of drug-likeness (QED) is 0.897. The second-order valence-corrected chi connectivity index (χ2v) is 5.05. The van der Waals surface area contributed by atoms with Crippen LogP contribution in [0.2, 0.25) is 0 Å². The maximum Gasteiger partial charge on any atom is 0.416 e. The van der Waals surface area contributed by atoms with E-state index in [1.165, 1.54) is 12.1 Å². The molecule has 1 fully saturated rings. The van der Waals surface area contributed by atoms with Crippen LogP contribution in [0.15, 0.2) is 22.7 Å². The van der Waals surface area contributed by atoms with E-state index in [1.807, 2.05) is 0 Å². The van der Waals surface area contributed by atoms with Gasteiger partial charge in [0.05, 0.1) is 11.0 Å². The largest absolute Gasteiger partial charge is 0.416 e. The zero-order valence-electron chi connectivity index (χ0n) is 8.64. The number of hydrogen-bond donors (Lipinski definition) is 1. The second kappa shape index (κ2) is 3.73. The molecule has 6 heteroatoms. The van der Waals surface area contributed by atoms with Crippen molar-refractivity contribution in [3.8, 4) is 0 Å². The molecule has 1 aliphatic carbocycles.